The standard InChI is InChI=1S/C21H25NO6/c1-26-11-12-27-15-20(23)22-19(21(24)25)13-16-7-9-18(10-8-16)28-14-17-5-3-2-4-6-17/h2-10,19H,11-15H2,1H3,(H,22,23)(H,24,25)/t19-/m0/s1. The van der Waals surface area contributed by atoms with E-state index in [2.05, 4.69) is 5.32 Å². The summed E-state index contributed by atoms with van der Waals surface area (Å²) in [5, 5.41) is 11.8. The van der Waals surface area contributed by atoms with Crippen LogP contribution in [0.2, 0.25) is 0 Å². The summed E-state index contributed by atoms with van der Waals surface area (Å²) in [6.45, 7) is 0.886. The molecule has 0 fully saturated rings. The zero-order valence-corrected chi connectivity index (χ0v) is 15.8. The Balaban J connectivity index is 1.83. The third-order valence-electron chi connectivity index (χ3n) is 3.91. The van der Waals surface area contributed by atoms with Gasteiger partial charge in [0.2, 0.25) is 5.91 Å². The molecule has 7 nitrogen and oxygen atoms in total. The number of methoxy groups -OCH3 is 1. The number of nitrogens with one attached hydrogen (secondary N) is 1. The fraction of sp³-hybridized carbons (Fsp3) is 0.333. The van der Waals surface area contributed by atoms with Gasteiger partial charge in [-0.15, -0.1) is 0 Å². The molecule has 0 saturated carbocycles. The second-order valence-corrected chi connectivity index (χ2v) is 6.13. The van der Waals surface area contributed by atoms with Crippen LogP contribution in [0.4, 0.5) is 0 Å². The molecule has 0 bridgehead atoms. The van der Waals surface area contributed by atoms with Crippen molar-refractivity contribution in [2.75, 3.05) is 26.9 Å². The predicted octanol–water partition coefficient (Wildman–Crippen LogP) is 2.04. The molecule has 1 atom stereocenters. The molecule has 0 aliphatic rings. The van der Waals surface area contributed by atoms with Gasteiger partial charge in [0, 0.05) is 13.5 Å². The van der Waals surface area contributed by atoms with Crippen LogP contribution in [0.25, 0.3) is 0 Å². The van der Waals surface area contributed by atoms with Crippen molar-refractivity contribution in [1.82, 2.24) is 5.32 Å². The van der Waals surface area contributed by atoms with E-state index in [-0.39, 0.29) is 19.6 Å². The van der Waals surface area contributed by atoms with Gasteiger partial charge in [0.15, 0.2) is 0 Å². The largest absolute Gasteiger partial charge is 0.489 e. The zero-order valence-electron chi connectivity index (χ0n) is 15.8. The van der Waals surface area contributed by atoms with Crippen LogP contribution < -0.4 is 10.1 Å². The van der Waals surface area contributed by atoms with Gasteiger partial charge in [-0.1, -0.05) is 42.5 Å². The monoisotopic (exact) mass is 387 g/mol. The minimum absolute atomic E-state index is 0.165. The van der Waals surface area contributed by atoms with E-state index in [1.54, 1.807) is 24.3 Å². The van der Waals surface area contributed by atoms with E-state index in [0.29, 0.717) is 19.0 Å². The Hall–Kier alpha value is -2.90. The first-order valence-electron chi connectivity index (χ1n) is 8.93. The molecular weight excluding hydrogens is 362 g/mol. The number of benzene rings is 2. The molecule has 0 saturated heterocycles. The highest BCUT2D eigenvalue weighted by molar-refractivity contribution is 5.84. The summed E-state index contributed by atoms with van der Waals surface area (Å²) in [5.41, 5.74) is 1.84. The van der Waals surface area contributed by atoms with Crippen LogP contribution in [0.3, 0.4) is 0 Å². The highest BCUT2D eigenvalue weighted by Crippen LogP contribution is 2.15. The molecule has 0 unspecified atom stereocenters. The number of amides is 1. The molecule has 0 aromatic heterocycles. The van der Waals surface area contributed by atoms with Crippen LogP contribution in [0, 0.1) is 0 Å². The number of rotatable bonds is 12. The second kappa shape index (κ2) is 11.7. The quantitative estimate of drug-likeness (QED) is 0.542. The number of aliphatic carboxylic acids is 1. The Kier molecular flexibility index (Phi) is 8.97. The fourth-order valence-electron chi connectivity index (χ4n) is 2.44. The highest BCUT2D eigenvalue weighted by Gasteiger charge is 2.20. The highest BCUT2D eigenvalue weighted by atomic mass is 16.5. The van der Waals surface area contributed by atoms with E-state index in [1.807, 2.05) is 30.3 Å². The molecule has 0 heterocycles. The Morgan fingerprint density at radius 3 is 2.36 bits per heavy atom. The number of ether oxygens (including phenoxy) is 3. The summed E-state index contributed by atoms with van der Waals surface area (Å²) >= 11 is 0. The summed E-state index contributed by atoms with van der Waals surface area (Å²) in [7, 11) is 1.53. The summed E-state index contributed by atoms with van der Waals surface area (Å²) in [5.74, 6) is -0.893. The average molecular weight is 387 g/mol. The number of hydrogen-bond acceptors (Lipinski definition) is 5. The van der Waals surface area contributed by atoms with E-state index in [9.17, 15) is 14.7 Å². The van der Waals surface area contributed by atoms with E-state index in [1.165, 1.54) is 7.11 Å². The van der Waals surface area contributed by atoms with Crippen LogP contribution in [-0.2, 0) is 32.1 Å². The molecule has 2 aromatic carbocycles. The number of carboxylic acids is 1. The van der Waals surface area contributed by atoms with Crippen molar-refractivity contribution >= 4 is 11.9 Å². The van der Waals surface area contributed by atoms with Crippen molar-refractivity contribution in [2.45, 2.75) is 19.1 Å². The van der Waals surface area contributed by atoms with Crippen LogP contribution in [-0.4, -0.2) is 50.0 Å². The second-order valence-electron chi connectivity index (χ2n) is 6.13. The SMILES string of the molecule is COCCOCC(=O)N[C@@H](Cc1ccc(OCc2ccccc2)cc1)C(=O)O. The van der Waals surface area contributed by atoms with Crippen LogP contribution in [0.1, 0.15) is 11.1 Å². The van der Waals surface area contributed by atoms with E-state index < -0.39 is 17.9 Å². The summed E-state index contributed by atoms with van der Waals surface area (Å²) in [4.78, 5) is 23.3. The number of hydrogen-bond donors (Lipinski definition) is 2. The summed E-state index contributed by atoms with van der Waals surface area (Å²) < 4.78 is 15.6. The molecule has 2 N–H and O–H groups in total. The van der Waals surface area contributed by atoms with Gasteiger partial charge in [0.25, 0.3) is 0 Å². The molecule has 2 aromatic rings. The molecule has 1 amide bonds. The van der Waals surface area contributed by atoms with Crippen molar-refractivity contribution in [3.63, 3.8) is 0 Å². The van der Waals surface area contributed by atoms with Gasteiger partial charge < -0.3 is 24.6 Å². The third kappa shape index (κ3) is 7.77. The summed E-state index contributed by atoms with van der Waals surface area (Å²) in [6.07, 6.45) is 0.165. The Morgan fingerprint density at radius 1 is 1.00 bits per heavy atom. The Labute approximate surface area is 164 Å². The molecule has 0 aliphatic carbocycles. The smallest absolute Gasteiger partial charge is 0.326 e. The molecule has 7 heteroatoms. The average Bonchev–Trinajstić information content (AvgIpc) is 2.71. The maximum atomic E-state index is 11.8. The van der Waals surface area contributed by atoms with Crippen LogP contribution in [0.15, 0.2) is 54.6 Å². The first-order chi connectivity index (χ1) is 13.6. The van der Waals surface area contributed by atoms with Gasteiger partial charge >= 0.3 is 5.97 Å². The van der Waals surface area contributed by atoms with Gasteiger partial charge in [-0.25, -0.2) is 4.79 Å². The molecule has 28 heavy (non-hydrogen) atoms. The lowest BCUT2D eigenvalue weighted by atomic mass is 10.1. The van der Waals surface area contributed by atoms with Crippen molar-refractivity contribution in [1.29, 1.82) is 0 Å². The van der Waals surface area contributed by atoms with Gasteiger partial charge in [-0.3, -0.25) is 4.79 Å². The van der Waals surface area contributed by atoms with E-state index in [4.69, 9.17) is 14.2 Å². The Morgan fingerprint density at radius 2 is 1.71 bits per heavy atom. The maximum absolute atomic E-state index is 11.8. The third-order valence-corrected chi connectivity index (χ3v) is 3.91. The van der Waals surface area contributed by atoms with E-state index in [0.717, 1.165) is 11.1 Å². The molecule has 150 valence electrons. The van der Waals surface area contributed by atoms with Crippen molar-refractivity contribution < 1.29 is 28.9 Å². The van der Waals surface area contributed by atoms with Crippen LogP contribution in [0.5, 0.6) is 5.75 Å². The van der Waals surface area contributed by atoms with Crippen LogP contribution >= 0.6 is 0 Å². The lowest BCUT2D eigenvalue weighted by Gasteiger charge is -2.15. The van der Waals surface area contributed by atoms with Crippen molar-refractivity contribution in [3.8, 4) is 5.75 Å². The number of carbonyl (C=O) groups excluding carboxylic acids is 1. The predicted molar refractivity (Wildman–Crippen MR) is 103 cm³/mol. The Bertz CT molecular complexity index is 732. The minimum Gasteiger partial charge on any atom is -0.489 e. The lowest BCUT2D eigenvalue weighted by Crippen LogP contribution is -2.44. The maximum Gasteiger partial charge on any atom is 0.326 e. The first-order valence-corrected chi connectivity index (χ1v) is 8.93. The molecule has 0 spiro atoms. The minimum atomic E-state index is -1.10. The van der Waals surface area contributed by atoms with Gasteiger partial charge in [-0.2, -0.15) is 0 Å². The van der Waals surface area contributed by atoms with Gasteiger partial charge in [0.1, 0.15) is 25.0 Å². The van der Waals surface area contributed by atoms with Gasteiger partial charge in [-0.05, 0) is 23.3 Å². The topological polar surface area (TPSA) is 94.1 Å². The van der Waals surface area contributed by atoms with Crippen molar-refractivity contribution in [3.05, 3.63) is 65.7 Å². The molecule has 0 aliphatic heterocycles. The number of carboxylic acid groups (broad SMARTS) is 1. The van der Waals surface area contributed by atoms with Crippen molar-refractivity contribution in [2.24, 2.45) is 0 Å². The zero-order chi connectivity index (χ0) is 20.2. The first kappa shape index (κ1) is 21.4. The molecular formula is C21H25NO6. The molecule has 0 radical (unpaired) electrons. The summed E-state index contributed by atoms with van der Waals surface area (Å²) in [6, 6.07) is 15.9. The van der Waals surface area contributed by atoms with E-state index >= 15 is 0 Å². The fourth-order valence-corrected chi connectivity index (χ4v) is 2.44. The normalized spacial score (nSPS) is 11.6. The lowest BCUT2D eigenvalue weighted by molar-refractivity contribution is -0.142. The molecule has 2 rings (SSSR count). The van der Waals surface area contributed by atoms with Gasteiger partial charge in [0.05, 0.1) is 13.2 Å². The number of carbonyl (C=O) groups is 2.